The summed E-state index contributed by atoms with van der Waals surface area (Å²) in [7, 11) is 0. The van der Waals surface area contributed by atoms with E-state index in [1.807, 2.05) is 19.9 Å². The molecular weight excluding hydrogens is 326 g/mol. The molecule has 1 aliphatic heterocycles. The highest BCUT2D eigenvalue weighted by Gasteiger charge is 2.17. The first-order valence-electron chi connectivity index (χ1n) is 8.04. The summed E-state index contributed by atoms with van der Waals surface area (Å²) in [5.74, 6) is 0.596. The zero-order chi connectivity index (χ0) is 17.4. The van der Waals surface area contributed by atoms with E-state index in [0.29, 0.717) is 30.2 Å². The molecule has 0 saturated carbocycles. The number of nitriles is 1. The Labute approximate surface area is 147 Å². The molecule has 2 aromatic rings. The summed E-state index contributed by atoms with van der Waals surface area (Å²) in [4.78, 5) is 8.01. The van der Waals surface area contributed by atoms with Gasteiger partial charge in [-0.25, -0.2) is 9.97 Å². The van der Waals surface area contributed by atoms with Gasteiger partial charge in [0.15, 0.2) is 0 Å². The van der Waals surface area contributed by atoms with E-state index in [-0.39, 0.29) is 11.4 Å². The summed E-state index contributed by atoms with van der Waals surface area (Å²) in [6, 6.07) is 9.36. The molecule has 0 amide bonds. The molecule has 126 valence electrons. The number of nitrogens with zero attached hydrogens (tertiary/aromatic N) is 3. The average Bonchev–Trinajstić information content (AvgIpc) is 2.64. The zero-order valence-electron chi connectivity index (χ0n) is 13.8. The molecular formula is C18H20ClN3O2. The Morgan fingerprint density at radius 2 is 2.00 bits per heavy atom. The maximum absolute atomic E-state index is 9.36. The molecule has 1 aromatic carbocycles. The Bertz CT molecular complexity index is 710. The fourth-order valence-electron chi connectivity index (χ4n) is 2.35. The van der Waals surface area contributed by atoms with Crippen LogP contribution in [0.2, 0.25) is 5.28 Å². The van der Waals surface area contributed by atoms with Gasteiger partial charge in [-0.3, -0.25) is 0 Å². The molecule has 24 heavy (non-hydrogen) atoms. The van der Waals surface area contributed by atoms with Gasteiger partial charge < -0.3 is 9.47 Å². The normalized spacial score (nSPS) is 14.2. The predicted octanol–water partition coefficient (Wildman–Crippen LogP) is 4.25. The maximum Gasteiger partial charge on any atom is 0.222 e. The van der Waals surface area contributed by atoms with Gasteiger partial charge in [-0.05, 0) is 35.9 Å². The Balaban J connectivity index is 0.00000100. The van der Waals surface area contributed by atoms with Crippen LogP contribution in [0.15, 0.2) is 30.5 Å². The van der Waals surface area contributed by atoms with Crippen LogP contribution in [0.5, 0.6) is 5.75 Å². The van der Waals surface area contributed by atoms with Crippen molar-refractivity contribution in [1.82, 2.24) is 9.97 Å². The number of rotatable bonds is 3. The second-order valence-corrected chi connectivity index (χ2v) is 5.30. The minimum absolute atomic E-state index is 0.0974. The summed E-state index contributed by atoms with van der Waals surface area (Å²) in [6.45, 7) is 5.40. The van der Waals surface area contributed by atoms with Crippen molar-refractivity contribution in [3.8, 4) is 23.1 Å². The molecule has 1 aliphatic rings. The monoisotopic (exact) mass is 345 g/mol. The second kappa shape index (κ2) is 9.21. The van der Waals surface area contributed by atoms with E-state index >= 15 is 0 Å². The number of benzene rings is 1. The smallest absolute Gasteiger partial charge is 0.222 e. The van der Waals surface area contributed by atoms with E-state index < -0.39 is 0 Å². The average molecular weight is 346 g/mol. The lowest BCUT2D eigenvalue weighted by Crippen LogP contribution is -2.26. The predicted molar refractivity (Wildman–Crippen MR) is 93.0 cm³/mol. The quantitative estimate of drug-likeness (QED) is 0.778. The number of ether oxygens (including phenoxy) is 2. The molecule has 0 aliphatic carbocycles. The number of aromatic nitrogens is 2. The third-order valence-corrected chi connectivity index (χ3v) is 3.67. The van der Waals surface area contributed by atoms with Crippen molar-refractivity contribution in [2.75, 3.05) is 13.2 Å². The topological polar surface area (TPSA) is 68.0 Å². The molecule has 3 rings (SSSR count). The fourth-order valence-corrected chi connectivity index (χ4v) is 2.50. The Kier molecular flexibility index (Phi) is 6.98. The molecule has 5 nitrogen and oxygen atoms in total. The summed E-state index contributed by atoms with van der Waals surface area (Å²) in [5.41, 5.74) is 1.97. The summed E-state index contributed by atoms with van der Waals surface area (Å²) in [6.07, 6.45) is 3.37. The molecule has 1 fully saturated rings. The molecule has 0 spiro atoms. The van der Waals surface area contributed by atoms with Crippen LogP contribution < -0.4 is 4.74 Å². The van der Waals surface area contributed by atoms with Crippen LogP contribution in [0.1, 0.15) is 32.3 Å². The SMILES string of the molecule is CC.N#Cc1cc(-c2ccnc(Cl)n2)ccc1OC1CCOCC1. The van der Waals surface area contributed by atoms with Gasteiger partial charge in [-0.2, -0.15) is 5.26 Å². The molecule has 1 saturated heterocycles. The van der Waals surface area contributed by atoms with E-state index in [4.69, 9.17) is 21.1 Å². The van der Waals surface area contributed by atoms with Gasteiger partial charge >= 0.3 is 0 Å². The third kappa shape index (κ3) is 4.67. The minimum atomic E-state index is 0.0974. The summed E-state index contributed by atoms with van der Waals surface area (Å²) < 4.78 is 11.2. The Morgan fingerprint density at radius 1 is 1.25 bits per heavy atom. The van der Waals surface area contributed by atoms with Crippen molar-refractivity contribution in [3.63, 3.8) is 0 Å². The van der Waals surface area contributed by atoms with Crippen LogP contribution in [0, 0.1) is 11.3 Å². The van der Waals surface area contributed by atoms with E-state index in [1.165, 1.54) is 0 Å². The van der Waals surface area contributed by atoms with Gasteiger partial charge in [0.1, 0.15) is 17.9 Å². The van der Waals surface area contributed by atoms with Crippen molar-refractivity contribution < 1.29 is 9.47 Å². The summed E-state index contributed by atoms with van der Waals surface area (Å²) >= 11 is 5.80. The van der Waals surface area contributed by atoms with Crippen LogP contribution in [0.3, 0.4) is 0 Å². The lowest BCUT2D eigenvalue weighted by Gasteiger charge is -2.23. The number of hydrogen-bond donors (Lipinski definition) is 0. The van der Waals surface area contributed by atoms with Gasteiger partial charge in [0.25, 0.3) is 0 Å². The van der Waals surface area contributed by atoms with Crippen molar-refractivity contribution in [2.24, 2.45) is 0 Å². The third-order valence-electron chi connectivity index (χ3n) is 3.48. The van der Waals surface area contributed by atoms with Crippen molar-refractivity contribution in [3.05, 3.63) is 41.3 Å². The number of halogens is 1. The van der Waals surface area contributed by atoms with E-state index in [0.717, 1.165) is 18.4 Å². The maximum atomic E-state index is 9.36. The Hall–Kier alpha value is -2.16. The van der Waals surface area contributed by atoms with Crippen LogP contribution in [0.25, 0.3) is 11.3 Å². The Morgan fingerprint density at radius 3 is 2.67 bits per heavy atom. The molecule has 0 atom stereocenters. The second-order valence-electron chi connectivity index (χ2n) is 4.96. The molecule has 6 heteroatoms. The van der Waals surface area contributed by atoms with E-state index in [2.05, 4.69) is 16.0 Å². The largest absolute Gasteiger partial charge is 0.489 e. The molecule has 0 N–H and O–H groups in total. The highest BCUT2D eigenvalue weighted by Crippen LogP contribution is 2.27. The number of hydrogen-bond acceptors (Lipinski definition) is 5. The molecule has 1 aromatic heterocycles. The molecule has 0 radical (unpaired) electrons. The van der Waals surface area contributed by atoms with Gasteiger partial charge in [0, 0.05) is 24.6 Å². The van der Waals surface area contributed by atoms with Gasteiger partial charge in [0.05, 0.1) is 24.5 Å². The first-order chi connectivity index (χ1) is 11.8. The van der Waals surface area contributed by atoms with Crippen molar-refractivity contribution in [2.45, 2.75) is 32.8 Å². The van der Waals surface area contributed by atoms with E-state index in [9.17, 15) is 5.26 Å². The van der Waals surface area contributed by atoms with Crippen LogP contribution in [-0.4, -0.2) is 29.3 Å². The van der Waals surface area contributed by atoms with Crippen LogP contribution >= 0.6 is 11.6 Å². The fraction of sp³-hybridized carbons (Fsp3) is 0.389. The van der Waals surface area contributed by atoms with E-state index in [1.54, 1.807) is 24.4 Å². The van der Waals surface area contributed by atoms with Crippen molar-refractivity contribution >= 4 is 11.6 Å². The van der Waals surface area contributed by atoms with Gasteiger partial charge in [-0.15, -0.1) is 0 Å². The molecule has 2 heterocycles. The van der Waals surface area contributed by atoms with Gasteiger partial charge in [-0.1, -0.05) is 13.8 Å². The lowest BCUT2D eigenvalue weighted by molar-refractivity contribution is 0.0254. The lowest BCUT2D eigenvalue weighted by atomic mass is 10.1. The first-order valence-corrected chi connectivity index (χ1v) is 8.41. The highest BCUT2D eigenvalue weighted by atomic mass is 35.5. The minimum Gasteiger partial charge on any atom is -0.489 e. The molecule has 0 bridgehead atoms. The van der Waals surface area contributed by atoms with Crippen molar-refractivity contribution in [1.29, 1.82) is 5.26 Å². The summed E-state index contributed by atoms with van der Waals surface area (Å²) in [5, 5.41) is 9.54. The first kappa shape index (κ1) is 18.2. The zero-order valence-corrected chi connectivity index (χ0v) is 14.6. The highest BCUT2D eigenvalue weighted by molar-refractivity contribution is 6.28. The standard InChI is InChI=1S/C16H14ClN3O2.C2H6/c17-16-19-6-3-14(20-16)11-1-2-15(12(9-11)10-18)22-13-4-7-21-8-5-13;1-2/h1-3,6,9,13H,4-5,7-8H2;1-2H3. The van der Waals surface area contributed by atoms with Crippen LogP contribution in [-0.2, 0) is 4.74 Å². The molecule has 0 unspecified atom stereocenters. The van der Waals surface area contributed by atoms with Crippen LogP contribution in [0.4, 0.5) is 0 Å². The van der Waals surface area contributed by atoms with Gasteiger partial charge in [0.2, 0.25) is 5.28 Å².